The number of hydrogen-bond acceptors (Lipinski definition) is 5. The molecule has 1 fully saturated rings. The number of benzene rings is 1. The minimum atomic E-state index is -4.12. The quantitative estimate of drug-likeness (QED) is 0.833. The Morgan fingerprint density at radius 1 is 1.48 bits per heavy atom. The lowest BCUT2D eigenvalue weighted by Crippen LogP contribution is -2.40. The van der Waals surface area contributed by atoms with Gasteiger partial charge in [0.25, 0.3) is 0 Å². The lowest BCUT2D eigenvalue weighted by Gasteiger charge is -2.21. The van der Waals surface area contributed by atoms with Crippen molar-refractivity contribution in [1.82, 2.24) is 4.31 Å². The predicted octanol–water partition coefficient (Wildman–Crippen LogP) is 0.557. The van der Waals surface area contributed by atoms with Crippen LogP contribution >= 0.6 is 11.6 Å². The van der Waals surface area contributed by atoms with Crippen molar-refractivity contribution in [3.8, 4) is 5.75 Å². The van der Waals surface area contributed by atoms with Crippen molar-refractivity contribution in [2.75, 3.05) is 13.7 Å². The molecule has 2 rings (SSSR count). The average Bonchev–Trinajstić information content (AvgIpc) is 2.81. The number of methoxy groups -OCH3 is 1. The molecule has 0 saturated carbocycles. The second kappa shape index (κ2) is 5.80. The first-order chi connectivity index (χ1) is 9.77. The summed E-state index contributed by atoms with van der Waals surface area (Å²) < 4.78 is 31.0. The van der Waals surface area contributed by atoms with Gasteiger partial charge in [0, 0.05) is 24.1 Å². The van der Waals surface area contributed by atoms with E-state index in [1.54, 1.807) is 0 Å². The Morgan fingerprint density at radius 3 is 2.71 bits per heavy atom. The monoisotopic (exact) mass is 335 g/mol. The highest BCUT2D eigenvalue weighted by Crippen LogP contribution is 2.33. The van der Waals surface area contributed by atoms with Gasteiger partial charge in [-0.15, -0.1) is 0 Å². The largest absolute Gasteiger partial charge is 0.495 e. The van der Waals surface area contributed by atoms with E-state index in [4.69, 9.17) is 21.4 Å². The van der Waals surface area contributed by atoms with Gasteiger partial charge in [-0.25, -0.2) is 8.42 Å². The maximum Gasteiger partial charge on any atom is 0.322 e. The Bertz CT molecular complexity index is 662. The highest BCUT2D eigenvalue weighted by Gasteiger charge is 2.44. The lowest BCUT2D eigenvalue weighted by atomic mass is 10.2. The zero-order chi connectivity index (χ0) is 15.8. The molecule has 1 aliphatic heterocycles. The summed E-state index contributed by atoms with van der Waals surface area (Å²) in [5.41, 5.74) is 0. The van der Waals surface area contributed by atoms with E-state index >= 15 is 0 Å². The van der Waals surface area contributed by atoms with Crippen molar-refractivity contribution >= 4 is 27.6 Å². The number of halogens is 1. The van der Waals surface area contributed by atoms with Gasteiger partial charge >= 0.3 is 5.97 Å². The smallest absolute Gasteiger partial charge is 0.322 e. The van der Waals surface area contributed by atoms with Gasteiger partial charge in [-0.3, -0.25) is 4.79 Å². The second-order valence-corrected chi connectivity index (χ2v) is 6.91. The molecule has 0 spiro atoms. The number of nitrogens with zero attached hydrogens (tertiary/aromatic N) is 1. The average molecular weight is 336 g/mol. The van der Waals surface area contributed by atoms with Crippen LogP contribution in [0, 0.1) is 0 Å². The number of hydrogen-bond donors (Lipinski definition) is 2. The predicted molar refractivity (Wildman–Crippen MR) is 73.9 cm³/mol. The molecular weight excluding hydrogens is 322 g/mol. The first kappa shape index (κ1) is 16.0. The highest BCUT2D eigenvalue weighted by atomic mass is 35.5. The Morgan fingerprint density at radius 2 is 2.14 bits per heavy atom. The molecule has 7 nitrogen and oxygen atoms in total. The van der Waals surface area contributed by atoms with E-state index < -0.39 is 28.1 Å². The van der Waals surface area contributed by atoms with Crippen molar-refractivity contribution in [1.29, 1.82) is 0 Å². The number of carboxylic acids is 1. The third-order valence-electron chi connectivity index (χ3n) is 3.23. The molecule has 1 aromatic carbocycles. The fourth-order valence-corrected chi connectivity index (χ4v) is 4.19. The van der Waals surface area contributed by atoms with E-state index in [-0.39, 0.29) is 23.6 Å². The summed E-state index contributed by atoms with van der Waals surface area (Å²) >= 11 is 5.79. The van der Waals surface area contributed by atoms with Crippen molar-refractivity contribution in [3.05, 3.63) is 23.2 Å². The Kier molecular flexibility index (Phi) is 4.43. The van der Waals surface area contributed by atoms with Gasteiger partial charge in [-0.2, -0.15) is 4.31 Å². The van der Waals surface area contributed by atoms with Gasteiger partial charge in [0.1, 0.15) is 16.7 Å². The zero-order valence-corrected chi connectivity index (χ0v) is 12.6. The maximum atomic E-state index is 12.6. The standard InChI is InChI=1S/C12H14ClNO6S/c1-20-10-4-7(13)2-3-11(10)21(18,19)14-6-8(15)5-9(14)12(16)17/h2-4,8-9,15H,5-6H2,1H3,(H,16,17). The molecule has 2 atom stereocenters. The normalized spacial score (nSPS) is 23.2. The molecule has 1 heterocycles. The van der Waals surface area contributed by atoms with E-state index in [0.717, 1.165) is 4.31 Å². The molecule has 9 heteroatoms. The number of aliphatic hydroxyl groups excluding tert-OH is 1. The van der Waals surface area contributed by atoms with Crippen LogP contribution in [0.15, 0.2) is 23.1 Å². The molecule has 0 radical (unpaired) electrons. The molecule has 0 amide bonds. The fraction of sp³-hybridized carbons (Fsp3) is 0.417. The number of carboxylic acid groups (broad SMARTS) is 1. The third-order valence-corrected chi connectivity index (χ3v) is 5.38. The molecule has 2 N–H and O–H groups in total. The van der Waals surface area contributed by atoms with E-state index in [9.17, 15) is 18.3 Å². The number of β-amino-alcohol motifs (C(OH)–C–C–N with tert-alkyl or cyclic N) is 1. The Hall–Kier alpha value is -1.35. The molecule has 2 unspecified atom stereocenters. The number of rotatable bonds is 4. The van der Waals surface area contributed by atoms with Crippen LogP contribution in [0.5, 0.6) is 5.75 Å². The van der Waals surface area contributed by atoms with Gasteiger partial charge in [-0.05, 0) is 12.1 Å². The molecule has 0 aromatic heterocycles. The molecule has 1 aliphatic rings. The molecular formula is C12H14ClNO6S. The van der Waals surface area contributed by atoms with Crippen LogP contribution in [0.1, 0.15) is 6.42 Å². The first-order valence-corrected chi connectivity index (χ1v) is 7.85. The molecule has 116 valence electrons. The zero-order valence-electron chi connectivity index (χ0n) is 11.1. The molecule has 1 saturated heterocycles. The Balaban J connectivity index is 2.49. The van der Waals surface area contributed by atoms with Crippen molar-refractivity contribution < 1.29 is 28.2 Å². The van der Waals surface area contributed by atoms with Crippen molar-refractivity contribution in [2.24, 2.45) is 0 Å². The molecule has 21 heavy (non-hydrogen) atoms. The van der Waals surface area contributed by atoms with Crippen molar-refractivity contribution in [3.63, 3.8) is 0 Å². The molecule has 0 aliphatic carbocycles. The topological polar surface area (TPSA) is 104 Å². The van der Waals surface area contributed by atoms with E-state index in [1.165, 1.54) is 25.3 Å². The number of aliphatic hydroxyl groups is 1. The lowest BCUT2D eigenvalue weighted by molar-refractivity contribution is -0.140. The van der Waals surface area contributed by atoms with Crippen molar-refractivity contribution in [2.45, 2.75) is 23.5 Å². The van der Waals surface area contributed by atoms with Crippen LogP contribution < -0.4 is 4.74 Å². The number of carbonyl (C=O) groups is 1. The Labute approximate surface area is 126 Å². The molecule has 0 bridgehead atoms. The van der Waals surface area contributed by atoms with E-state index in [0.29, 0.717) is 5.02 Å². The summed E-state index contributed by atoms with van der Waals surface area (Å²) in [6.45, 7) is -0.273. The van der Waals surface area contributed by atoms with Crippen LogP contribution in [0.25, 0.3) is 0 Å². The number of sulfonamides is 1. The highest BCUT2D eigenvalue weighted by molar-refractivity contribution is 7.89. The summed E-state index contributed by atoms with van der Waals surface area (Å²) in [7, 11) is -2.83. The SMILES string of the molecule is COc1cc(Cl)ccc1S(=O)(=O)N1CC(O)CC1C(=O)O. The van der Waals surface area contributed by atoms with Crippen LogP contribution in [0.2, 0.25) is 5.02 Å². The first-order valence-electron chi connectivity index (χ1n) is 6.03. The fourth-order valence-electron chi connectivity index (χ4n) is 2.26. The van der Waals surface area contributed by atoms with E-state index in [1.807, 2.05) is 0 Å². The van der Waals surface area contributed by atoms with Crippen LogP contribution in [0.4, 0.5) is 0 Å². The molecule has 1 aromatic rings. The second-order valence-electron chi connectivity index (χ2n) is 4.61. The summed E-state index contributed by atoms with van der Waals surface area (Å²) in [5, 5.41) is 19.0. The van der Waals surface area contributed by atoms with Gasteiger partial charge in [0.2, 0.25) is 10.0 Å². The summed E-state index contributed by atoms with van der Waals surface area (Å²) in [6.07, 6.45) is -1.16. The van der Waals surface area contributed by atoms with Gasteiger partial charge in [0.15, 0.2) is 0 Å². The minimum absolute atomic E-state index is 0.0213. The van der Waals surface area contributed by atoms with Gasteiger partial charge in [-0.1, -0.05) is 11.6 Å². The maximum absolute atomic E-state index is 12.6. The van der Waals surface area contributed by atoms with Gasteiger partial charge < -0.3 is 14.9 Å². The number of aliphatic carboxylic acids is 1. The van der Waals surface area contributed by atoms with E-state index in [2.05, 4.69) is 0 Å². The van der Waals surface area contributed by atoms with Crippen LogP contribution in [0.3, 0.4) is 0 Å². The summed E-state index contributed by atoms with van der Waals surface area (Å²) in [4.78, 5) is 11.0. The summed E-state index contributed by atoms with van der Waals surface area (Å²) in [6, 6.07) is 2.65. The third kappa shape index (κ3) is 2.98. The number of ether oxygens (including phenoxy) is 1. The van der Waals surface area contributed by atoms with Crippen LogP contribution in [-0.4, -0.2) is 54.7 Å². The van der Waals surface area contributed by atoms with Crippen LogP contribution in [-0.2, 0) is 14.8 Å². The summed E-state index contributed by atoms with van der Waals surface area (Å²) in [5.74, 6) is -1.28. The van der Waals surface area contributed by atoms with Gasteiger partial charge in [0.05, 0.1) is 13.2 Å². The minimum Gasteiger partial charge on any atom is -0.495 e.